The molecule has 0 heterocycles. The monoisotopic (exact) mass is 622 g/mol. The van der Waals surface area contributed by atoms with E-state index in [2.05, 4.69) is 21.3 Å². The van der Waals surface area contributed by atoms with Gasteiger partial charge in [0.25, 0.3) is 11.8 Å². The summed E-state index contributed by atoms with van der Waals surface area (Å²) in [5.41, 5.74) is 2.80. The Morgan fingerprint density at radius 1 is 0.778 bits per heavy atom. The molecule has 0 saturated carbocycles. The summed E-state index contributed by atoms with van der Waals surface area (Å²) < 4.78 is 5.43. The Kier molecular flexibility index (Phi) is 11.5. The molecule has 10 heteroatoms. The lowest BCUT2D eigenvalue weighted by Crippen LogP contribution is -2.30. The highest BCUT2D eigenvalue weighted by Gasteiger charge is 2.20. The normalized spacial score (nSPS) is 11.6. The van der Waals surface area contributed by atoms with Gasteiger partial charge in [0.15, 0.2) is 0 Å². The zero-order chi connectivity index (χ0) is 32.2. The SMILES string of the molecule is CCC(Sc1cccc(NC(=O)/C(=C\c2ccccc2OC)NC(=O)c2ccccc2)c1)C(=O)Nc1ccc(NC(C)=O)cc1. The maximum atomic E-state index is 13.5. The molecule has 0 aliphatic carbocycles. The number of rotatable bonds is 12. The summed E-state index contributed by atoms with van der Waals surface area (Å²) >= 11 is 1.37. The van der Waals surface area contributed by atoms with Crippen molar-refractivity contribution in [2.45, 2.75) is 30.4 Å². The lowest BCUT2D eigenvalue weighted by molar-refractivity contribution is -0.116. The molecular formula is C35H34N4O5S. The molecule has 0 spiro atoms. The highest BCUT2D eigenvalue weighted by atomic mass is 32.2. The zero-order valence-corrected chi connectivity index (χ0v) is 25.9. The van der Waals surface area contributed by atoms with Crippen LogP contribution in [0.1, 0.15) is 36.2 Å². The van der Waals surface area contributed by atoms with E-state index in [1.54, 1.807) is 91.0 Å². The van der Waals surface area contributed by atoms with Crippen LogP contribution in [0.2, 0.25) is 0 Å². The van der Waals surface area contributed by atoms with Gasteiger partial charge in [0.2, 0.25) is 11.8 Å². The van der Waals surface area contributed by atoms with E-state index < -0.39 is 17.1 Å². The van der Waals surface area contributed by atoms with Crippen molar-refractivity contribution in [2.24, 2.45) is 0 Å². The Hall–Kier alpha value is -5.35. The van der Waals surface area contributed by atoms with Crippen LogP contribution in [-0.4, -0.2) is 36.0 Å². The number of benzene rings is 4. The van der Waals surface area contributed by atoms with Crippen LogP contribution in [0.25, 0.3) is 6.08 Å². The molecule has 0 aromatic heterocycles. The van der Waals surface area contributed by atoms with E-state index in [4.69, 9.17) is 4.74 Å². The van der Waals surface area contributed by atoms with Gasteiger partial charge in [-0.2, -0.15) is 0 Å². The molecule has 1 unspecified atom stereocenters. The first-order chi connectivity index (χ1) is 21.7. The van der Waals surface area contributed by atoms with Gasteiger partial charge in [0.05, 0.1) is 12.4 Å². The molecule has 9 nitrogen and oxygen atoms in total. The number of methoxy groups -OCH3 is 1. The third-order valence-corrected chi connectivity index (χ3v) is 7.83. The van der Waals surface area contributed by atoms with E-state index in [1.807, 2.05) is 25.1 Å². The molecule has 1 atom stereocenters. The fourth-order valence-electron chi connectivity index (χ4n) is 4.28. The number of hydrogen-bond acceptors (Lipinski definition) is 6. The van der Waals surface area contributed by atoms with Crippen molar-refractivity contribution in [1.29, 1.82) is 0 Å². The van der Waals surface area contributed by atoms with E-state index in [-0.39, 0.29) is 17.5 Å². The second-order valence-corrected chi connectivity index (χ2v) is 11.1. The molecule has 0 radical (unpaired) electrons. The zero-order valence-electron chi connectivity index (χ0n) is 25.1. The van der Waals surface area contributed by atoms with Crippen LogP contribution in [0.15, 0.2) is 114 Å². The van der Waals surface area contributed by atoms with Gasteiger partial charge >= 0.3 is 0 Å². The van der Waals surface area contributed by atoms with Crippen molar-refractivity contribution in [3.63, 3.8) is 0 Å². The van der Waals surface area contributed by atoms with Crippen LogP contribution in [0.5, 0.6) is 5.75 Å². The van der Waals surface area contributed by atoms with Crippen molar-refractivity contribution in [3.05, 3.63) is 120 Å². The quantitative estimate of drug-likeness (QED) is 0.105. The predicted molar refractivity (Wildman–Crippen MR) is 179 cm³/mol. The van der Waals surface area contributed by atoms with Crippen LogP contribution in [0, 0.1) is 0 Å². The smallest absolute Gasteiger partial charge is 0.272 e. The molecule has 0 bridgehead atoms. The molecule has 4 amide bonds. The van der Waals surface area contributed by atoms with Crippen LogP contribution < -0.4 is 26.0 Å². The molecule has 4 aromatic rings. The topological polar surface area (TPSA) is 126 Å². The molecule has 0 saturated heterocycles. The number of amides is 4. The van der Waals surface area contributed by atoms with Crippen LogP contribution >= 0.6 is 11.8 Å². The van der Waals surface area contributed by atoms with Gasteiger partial charge < -0.3 is 26.0 Å². The molecular weight excluding hydrogens is 588 g/mol. The molecule has 0 aliphatic heterocycles. The Labute approximate surface area is 266 Å². The third kappa shape index (κ3) is 9.57. The average molecular weight is 623 g/mol. The van der Waals surface area contributed by atoms with Crippen LogP contribution in [-0.2, 0) is 14.4 Å². The summed E-state index contributed by atoms with van der Waals surface area (Å²) in [5.74, 6) is -0.761. The summed E-state index contributed by atoms with van der Waals surface area (Å²) in [6.45, 7) is 3.36. The van der Waals surface area contributed by atoms with Crippen molar-refractivity contribution in [2.75, 3.05) is 23.1 Å². The van der Waals surface area contributed by atoms with Crippen molar-refractivity contribution in [1.82, 2.24) is 5.32 Å². The highest BCUT2D eigenvalue weighted by Crippen LogP contribution is 2.29. The molecule has 4 rings (SSSR count). The van der Waals surface area contributed by atoms with Crippen LogP contribution in [0.3, 0.4) is 0 Å². The second kappa shape index (κ2) is 15.9. The van der Waals surface area contributed by atoms with Gasteiger partial charge in [-0.15, -0.1) is 11.8 Å². The Balaban J connectivity index is 1.48. The largest absolute Gasteiger partial charge is 0.496 e. The Bertz CT molecular complexity index is 1690. The van der Waals surface area contributed by atoms with E-state index >= 15 is 0 Å². The Morgan fingerprint density at radius 3 is 2.11 bits per heavy atom. The summed E-state index contributed by atoms with van der Waals surface area (Å²) in [4.78, 5) is 51.6. The highest BCUT2D eigenvalue weighted by molar-refractivity contribution is 8.00. The van der Waals surface area contributed by atoms with Crippen LogP contribution in [0.4, 0.5) is 17.1 Å². The summed E-state index contributed by atoms with van der Waals surface area (Å²) in [6.07, 6.45) is 2.13. The fourth-order valence-corrected chi connectivity index (χ4v) is 5.29. The first-order valence-corrected chi connectivity index (χ1v) is 15.1. The van der Waals surface area contributed by atoms with Gasteiger partial charge in [-0.3, -0.25) is 19.2 Å². The minimum absolute atomic E-state index is 0.0294. The van der Waals surface area contributed by atoms with Gasteiger partial charge in [0, 0.05) is 40.0 Å². The minimum Gasteiger partial charge on any atom is -0.496 e. The van der Waals surface area contributed by atoms with Gasteiger partial charge in [-0.05, 0) is 73.2 Å². The molecule has 4 aromatic carbocycles. The summed E-state index contributed by atoms with van der Waals surface area (Å²) in [7, 11) is 1.53. The third-order valence-electron chi connectivity index (χ3n) is 6.47. The molecule has 230 valence electrons. The van der Waals surface area contributed by atoms with Crippen molar-refractivity contribution >= 4 is 58.5 Å². The first-order valence-electron chi connectivity index (χ1n) is 14.2. The number of nitrogens with one attached hydrogen (secondary N) is 4. The summed E-state index contributed by atoms with van der Waals surface area (Å²) in [6, 6.07) is 29.8. The van der Waals surface area contributed by atoms with Crippen molar-refractivity contribution in [3.8, 4) is 5.75 Å². The minimum atomic E-state index is -0.528. The number of thioether (sulfide) groups is 1. The number of hydrogen-bond donors (Lipinski definition) is 4. The second-order valence-electron chi connectivity index (χ2n) is 9.86. The van der Waals surface area contributed by atoms with Crippen molar-refractivity contribution < 1.29 is 23.9 Å². The van der Waals surface area contributed by atoms with Gasteiger partial charge in [-0.25, -0.2) is 0 Å². The van der Waals surface area contributed by atoms with E-state index in [9.17, 15) is 19.2 Å². The lowest BCUT2D eigenvalue weighted by atomic mass is 10.1. The first kappa shape index (κ1) is 32.6. The molecule has 0 aliphatic rings. The maximum Gasteiger partial charge on any atom is 0.272 e. The predicted octanol–water partition coefficient (Wildman–Crippen LogP) is 6.57. The molecule has 0 fully saturated rings. The molecule has 45 heavy (non-hydrogen) atoms. The number of anilines is 3. The number of para-hydroxylation sites is 1. The number of ether oxygens (including phenoxy) is 1. The van der Waals surface area contributed by atoms with E-state index in [0.29, 0.717) is 40.4 Å². The number of carbonyl (C=O) groups excluding carboxylic acids is 4. The lowest BCUT2D eigenvalue weighted by Gasteiger charge is -2.16. The standard InChI is InChI=1S/C35H34N4O5S/c1-4-32(35(43)37-27-19-17-26(18-20-27)36-23(2)40)45-29-15-10-14-28(22-29)38-34(42)30(21-25-13-8-9-16-31(25)44-3)39-33(41)24-11-6-5-7-12-24/h5-22,32H,4H2,1-3H3,(H,36,40)(H,37,43)(H,38,42)(H,39,41)/b30-21+. The fraction of sp³-hybridized carbons (Fsp3) is 0.143. The average Bonchev–Trinajstić information content (AvgIpc) is 3.04. The maximum absolute atomic E-state index is 13.5. The van der Waals surface area contributed by atoms with Gasteiger partial charge in [0.1, 0.15) is 11.4 Å². The number of carbonyl (C=O) groups is 4. The van der Waals surface area contributed by atoms with Gasteiger partial charge in [-0.1, -0.05) is 49.4 Å². The van der Waals surface area contributed by atoms with E-state index in [1.165, 1.54) is 25.8 Å². The molecule has 4 N–H and O–H groups in total. The Morgan fingerprint density at radius 2 is 1.44 bits per heavy atom. The van der Waals surface area contributed by atoms with E-state index in [0.717, 1.165) is 4.90 Å². The summed E-state index contributed by atoms with van der Waals surface area (Å²) in [5, 5.41) is 10.8.